The van der Waals surface area contributed by atoms with Gasteiger partial charge in [0, 0.05) is 19.0 Å². The number of nitrogens with one attached hydrogen (secondary N) is 1. The predicted molar refractivity (Wildman–Crippen MR) is 83.6 cm³/mol. The minimum atomic E-state index is 0.259. The summed E-state index contributed by atoms with van der Waals surface area (Å²) in [6.07, 6.45) is 12.8. The van der Waals surface area contributed by atoms with Crippen molar-refractivity contribution in [2.24, 2.45) is 11.8 Å². The molecule has 114 valence electrons. The van der Waals surface area contributed by atoms with Gasteiger partial charge in [-0.2, -0.15) is 0 Å². The predicted octanol–water partition coefficient (Wildman–Crippen LogP) is 2.97. The first-order chi connectivity index (χ1) is 9.79. The van der Waals surface area contributed by atoms with Crippen LogP contribution >= 0.6 is 0 Å². The Labute approximate surface area is 123 Å². The lowest BCUT2D eigenvalue weighted by molar-refractivity contribution is -0.126. The molecule has 0 bridgehead atoms. The van der Waals surface area contributed by atoms with Gasteiger partial charge in [0.15, 0.2) is 0 Å². The lowest BCUT2D eigenvalue weighted by atomic mass is 9.91. The Morgan fingerprint density at radius 1 is 1.25 bits per heavy atom. The van der Waals surface area contributed by atoms with E-state index in [4.69, 9.17) is 0 Å². The summed E-state index contributed by atoms with van der Waals surface area (Å²) in [6, 6.07) is 0. The highest BCUT2D eigenvalue weighted by atomic mass is 16.1. The number of carbonyl (C=O) groups is 1. The summed E-state index contributed by atoms with van der Waals surface area (Å²) in [4.78, 5) is 14.6. The molecule has 3 nitrogen and oxygen atoms in total. The van der Waals surface area contributed by atoms with Crippen molar-refractivity contribution in [2.75, 3.05) is 26.2 Å². The average Bonchev–Trinajstić information content (AvgIpc) is 2.49. The molecule has 0 spiro atoms. The van der Waals surface area contributed by atoms with E-state index in [-0.39, 0.29) is 5.92 Å². The van der Waals surface area contributed by atoms with E-state index in [9.17, 15) is 4.79 Å². The first-order valence-corrected chi connectivity index (χ1v) is 8.44. The van der Waals surface area contributed by atoms with Crippen LogP contribution in [0.5, 0.6) is 0 Å². The highest BCUT2D eigenvalue weighted by Gasteiger charge is 2.25. The Hall–Kier alpha value is -0.830. The summed E-state index contributed by atoms with van der Waals surface area (Å²) in [7, 11) is 0. The molecule has 1 heterocycles. The van der Waals surface area contributed by atoms with Crippen LogP contribution in [0.1, 0.15) is 51.9 Å². The van der Waals surface area contributed by atoms with Gasteiger partial charge in [-0.05, 0) is 57.5 Å². The summed E-state index contributed by atoms with van der Waals surface area (Å²) >= 11 is 0. The molecule has 0 radical (unpaired) electrons. The number of carbonyl (C=O) groups excluding carboxylic acids is 1. The van der Waals surface area contributed by atoms with Crippen LogP contribution < -0.4 is 5.32 Å². The van der Waals surface area contributed by atoms with Crippen LogP contribution in [-0.4, -0.2) is 37.0 Å². The monoisotopic (exact) mass is 278 g/mol. The topological polar surface area (TPSA) is 32.3 Å². The molecule has 2 aliphatic rings. The molecule has 1 aliphatic heterocycles. The molecule has 1 amide bonds. The van der Waals surface area contributed by atoms with Crippen LogP contribution in [0.2, 0.25) is 0 Å². The zero-order valence-electron chi connectivity index (χ0n) is 12.9. The van der Waals surface area contributed by atoms with Crippen molar-refractivity contribution in [3.05, 3.63) is 12.2 Å². The quantitative estimate of drug-likeness (QED) is 0.598. The fraction of sp³-hybridized carbons (Fsp3) is 0.824. The van der Waals surface area contributed by atoms with Gasteiger partial charge in [-0.25, -0.2) is 0 Å². The standard InChI is InChI=1S/C17H30N2O/c1-2-3-11-18-17(20)16-9-12-19(13-10-16)14-15-7-5-4-6-8-15/h4-5,15-16H,2-3,6-14H2,1H3,(H,18,20). The molecule has 20 heavy (non-hydrogen) atoms. The van der Waals surface area contributed by atoms with Crippen LogP contribution in [0, 0.1) is 11.8 Å². The fourth-order valence-corrected chi connectivity index (χ4v) is 3.30. The Balaban J connectivity index is 1.64. The zero-order chi connectivity index (χ0) is 14.2. The molecule has 0 aromatic rings. The minimum Gasteiger partial charge on any atom is -0.356 e. The van der Waals surface area contributed by atoms with Crippen LogP contribution in [0.15, 0.2) is 12.2 Å². The summed E-state index contributed by atoms with van der Waals surface area (Å²) in [6.45, 7) is 6.45. The van der Waals surface area contributed by atoms with E-state index in [0.29, 0.717) is 5.91 Å². The largest absolute Gasteiger partial charge is 0.356 e. The van der Waals surface area contributed by atoms with Crippen molar-refractivity contribution in [3.8, 4) is 0 Å². The maximum atomic E-state index is 12.0. The van der Waals surface area contributed by atoms with Crippen LogP contribution in [0.4, 0.5) is 0 Å². The number of piperidine rings is 1. The van der Waals surface area contributed by atoms with E-state index in [0.717, 1.165) is 51.2 Å². The van der Waals surface area contributed by atoms with Crippen LogP contribution in [-0.2, 0) is 4.79 Å². The molecule has 1 unspecified atom stereocenters. The Morgan fingerprint density at radius 3 is 2.70 bits per heavy atom. The molecule has 0 saturated carbocycles. The van der Waals surface area contributed by atoms with Gasteiger partial charge in [-0.15, -0.1) is 0 Å². The molecule has 1 aliphatic carbocycles. The van der Waals surface area contributed by atoms with Crippen molar-refractivity contribution in [1.29, 1.82) is 0 Å². The van der Waals surface area contributed by atoms with Gasteiger partial charge in [0.25, 0.3) is 0 Å². The summed E-state index contributed by atoms with van der Waals surface area (Å²) < 4.78 is 0. The molecule has 1 saturated heterocycles. The van der Waals surface area contributed by atoms with E-state index < -0.39 is 0 Å². The van der Waals surface area contributed by atoms with Gasteiger partial charge in [0.2, 0.25) is 5.91 Å². The molecule has 0 aromatic heterocycles. The van der Waals surface area contributed by atoms with Crippen molar-refractivity contribution in [3.63, 3.8) is 0 Å². The van der Waals surface area contributed by atoms with Crippen molar-refractivity contribution in [2.45, 2.75) is 51.9 Å². The normalized spacial score (nSPS) is 24.8. The molecule has 0 aromatic carbocycles. The van der Waals surface area contributed by atoms with Gasteiger partial charge in [-0.1, -0.05) is 25.5 Å². The average molecular weight is 278 g/mol. The summed E-state index contributed by atoms with van der Waals surface area (Å²) in [5.41, 5.74) is 0. The molecular formula is C17H30N2O. The Kier molecular flexibility index (Phi) is 6.58. The molecule has 1 N–H and O–H groups in total. The third kappa shape index (κ3) is 4.93. The van der Waals surface area contributed by atoms with Crippen molar-refractivity contribution in [1.82, 2.24) is 10.2 Å². The number of hydrogen-bond acceptors (Lipinski definition) is 2. The molecule has 2 rings (SSSR count). The number of allylic oxidation sites excluding steroid dienone is 2. The first-order valence-electron chi connectivity index (χ1n) is 8.44. The molecule has 3 heteroatoms. The second-order valence-corrected chi connectivity index (χ2v) is 6.37. The van der Waals surface area contributed by atoms with E-state index in [2.05, 4.69) is 29.3 Å². The molecular weight excluding hydrogens is 248 g/mol. The van der Waals surface area contributed by atoms with Gasteiger partial charge in [-0.3, -0.25) is 4.79 Å². The summed E-state index contributed by atoms with van der Waals surface area (Å²) in [5, 5.41) is 3.08. The second kappa shape index (κ2) is 8.46. The lowest BCUT2D eigenvalue weighted by Crippen LogP contribution is -2.42. The SMILES string of the molecule is CCCCNC(=O)C1CCN(CC2CC=CCC2)CC1. The number of amides is 1. The van der Waals surface area contributed by atoms with Gasteiger partial charge >= 0.3 is 0 Å². The number of rotatable bonds is 6. The maximum absolute atomic E-state index is 12.0. The molecule has 1 fully saturated rings. The number of unbranched alkanes of at least 4 members (excludes halogenated alkanes) is 1. The molecule has 1 atom stereocenters. The van der Waals surface area contributed by atoms with Crippen LogP contribution in [0.3, 0.4) is 0 Å². The van der Waals surface area contributed by atoms with E-state index in [1.807, 2.05) is 0 Å². The lowest BCUT2D eigenvalue weighted by Gasteiger charge is -2.34. The van der Waals surface area contributed by atoms with Gasteiger partial charge < -0.3 is 10.2 Å². The Morgan fingerprint density at radius 2 is 2.05 bits per heavy atom. The third-order valence-electron chi connectivity index (χ3n) is 4.68. The minimum absolute atomic E-state index is 0.259. The van der Waals surface area contributed by atoms with Gasteiger partial charge in [0.05, 0.1) is 0 Å². The fourth-order valence-electron chi connectivity index (χ4n) is 3.30. The number of hydrogen-bond donors (Lipinski definition) is 1. The van der Waals surface area contributed by atoms with E-state index in [1.54, 1.807) is 0 Å². The maximum Gasteiger partial charge on any atom is 0.223 e. The smallest absolute Gasteiger partial charge is 0.223 e. The highest BCUT2D eigenvalue weighted by Crippen LogP contribution is 2.23. The first kappa shape index (κ1) is 15.6. The van der Waals surface area contributed by atoms with E-state index in [1.165, 1.54) is 25.8 Å². The van der Waals surface area contributed by atoms with Crippen molar-refractivity contribution < 1.29 is 4.79 Å². The summed E-state index contributed by atoms with van der Waals surface area (Å²) in [5.74, 6) is 1.39. The zero-order valence-corrected chi connectivity index (χ0v) is 12.9. The van der Waals surface area contributed by atoms with Crippen LogP contribution in [0.25, 0.3) is 0 Å². The second-order valence-electron chi connectivity index (χ2n) is 6.37. The van der Waals surface area contributed by atoms with Gasteiger partial charge in [0.1, 0.15) is 0 Å². The number of likely N-dealkylation sites (tertiary alicyclic amines) is 1. The Bertz CT molecular complexity index is 319. The number of nitrogens with zero attached hydrogens (tertiary/aromatic N) is 1. The van der Waals surface area contributed by atoms with E-state index >= 15 is 0 Å². The highest BCUT2D eigenvalue weighted by molar-refractivity contribution is 5.78. The van der Waals surface area contributed by atoms with Crippen molar-refractivity contribution >= 4 is 5.91 Å². The third-order valence-corrected chi connectivity index (χ3v) is 4.68.